The Kier molecular flexibility index (Phi) is 5.99. The van der Waals surface area contributed by atoms with Crippen LogP contribution in [0, 0.1) is 12.8 Å². The molecular formula is C19H25N5O2. The number of H-pyrrole nitrogens is 1. The lowest BCUT2D eigenvalue weighted by atomic mass is 9.96. The number of aromatic amines is 1. The summed E-state index contributed by atoms with van der Waals surface area (Å²) in [5, 5.41) is 9.65. The number of rotatable bonds is 7. The van der Waals surface area contributed by atoms with Crippen molar-refractivity contribution in [1.82, 2.24) is 25.4 Å². The molecule has 2 N–H and O–H groups in total. The Morgan fingerprint density at radius 3 is 2.88 bits per heavy atom. The van der Waals surface area contributed by atoms with Crippen LogP contribution in [0.25, 0.3) is 0 Å². The van der Waals surface area contributed by atoms with Gasteiger partial charge >= 0.3 is 0 Å². The molecule has 0 radical (unpaired) electrons. The van der Waals surface area contributed by atoms with Gasteiger partial charge in [0.05, 0.1) is 12.5 Å². The summed E-state index contributed by atoms with van der Waals surface area (Å²) in [5.41, 5.74) is 1.27. The third-order valence-electron chi connectivity index (χ3n) is 4.67. The molecule has 26 heavy (non-hydrogen) atoms. The second-order valence-corrected chi connectivity index (χ2v) is 6.72. The summed E-state index contributed by atoms with van der Waals surface area (Å²) in [6.45, 7) is 3.31. The summed E-state index contributed by atoms with van der Waals surface area (Å²) < 4.78 is 0. The number of piperidine rings is 1. The Morgan fingerprint density at radius 2 is 2.15 bits per heavy atom. The van der Waals surface area contributed by atoms with Crippen LogP contribution in [0.4, 0.5) is 0 Å². The van der Waals surface area contributed by atoms with Crippen LogP contribution in [0.1, 0.15) is 36.5 Å². The van der Waals surface area contributed by atoms with Crippen molar-refractivity contribution in [1.29, 1.82) is 0 Å². The van der Waals surface area contributed by atoms with Gasteiger partial charge in [0, 0.05) is 19.5 Å². The molecule has 0 aliphatic carbocycles. The first-order valence-corrected chi connectivity index (χ1v) is 9.09. The van der Waals surface area contributed by atoms with Gasteiger partial charge in [0.1, 0.15) is 5.82 Å². The number of amides is 2. The second-order valence-electron chi connectivity index (χ2n) is 6.72. The van der Waals surface area contributed by atoms with E-state index in [2.05, 4.69) is 32.6 Å². The molecular weight excluding hydrogens is 330 g/mol. The molecule has 3 rings (SSSR count). The van der Waals surface area contributed by atoms with Gasteiger partial charge in [0.25, 0.3) is 0 Å². The maximum atomic E-state index is 12.4. The highest BCUT2D eigenvalue weighted by Gasteiger charge is 2.29. The van der Waals surface area contributed by atoms with Gasteiger partial charge in [-0.2, -0.15) is 5.10 Å². The molecule has 1 aromatic carbocycles. The lowest BCUT2D eigenvalue weighted by molar-refractivity contribution is -0.138. The Bertz CT molecular complexity index is 743. The van der Waals surface area contributed by atoms with Crippen molar-refractivity contribution in [2.75, 3.05) is 13.1 Å². The van der Waals surface area contributed by atoms with Crippen molar-refractivity contribution < 1.29 is 9.59 Å². The monoisotopic (exact) mass is 355 g/mol. The van der Waals surface area contributed by atoms with Crippen molar-refractivity contribution in [3.8, 4) is 0 Å². The van der Waals surface area contributed by atoms with Gasteiger partial charge in [-0.15, -0.1) is 0 Å². The van der Waals surface area contributed by atoms with E-state index >= 15 is 0 Å². The minimum atomic E-state index is -0.163. The molecule has 138 valence electrons. The average molecular weight is 355 g/mol. The number of hydrogen-bond acceptors (Lipinski definition) is 4. The molecule has 1 aliphatic rings. The van der Waals surface area contributed by atoms with Crippen LogP contribution in [-0.2, 0) is 22.6 Å². The van der Waals surface area contributed by atoms with E-state index in [-0.39, 0.29) is 17.7 Å². The molecule has 2 heterocycles. The number of carbonyl (C=O) groups excluding carboxylic acids is 2. The summed E-state index contributed by atoms with van der Waals surface area (Å²) >= 11 is 0. The zero-order chi connectivity index (χ0) is 18.4. The van der Waals surface area contributed by atoms with E-state index in [0.29, 0.717) is 38.3 Å². The smallest absolute Gasteiger partial charge is 0.225 e. The molecule has 2 aromatic rings. The quantitative estimate of drug-likeness (QED) is 0.789. The predicted octanol–water partition coefficient (Wildman–Crippen LogP) is 1.60. The normalized spacial score (nSPS) is 17.3. The molecule has 2 amide bonds. The standard InChI is InChI=1S/C19H25N5O2/c1-14-21-17(23-22-14)12-20-19(26)16-9-10-18(25)24(13-16)11-5-8-15-6-3-2-4-7-15/h2-4,6-7,16H,5,8-13H2,1H3,(H,20,26)(H,21,22,23). The highest BCUT2D eigenvalue weighted by Crippen LogP contribution is 2.18. The van der Waals surface area contributed by atoms with Crippen molar-refractivity contribution in [3.63, 3.8) is 0 Å². The van der Waals surface area contributed by atoms with Crippen LogP contribution in [0.3, 0.4) is 0 Å². The number of nitrogens with zero attached hydrogens (tertiary/aromatic N) is 3. The first-order chi connectivity index (χ1) is 12.6. The van der Waals surface area contributed by atoms with E-state index in [1.54, 1.807) is 0 Å². The first kappa shape index (κ1) is 18.1. The minimum absolute atomic E-state index is 0.0342. The van der Waals surface area contributed by atoms with Crippen LogP contribution in [0.5, 0.6) is 0 Å². The van der Waals surface area contributed by atoms with E-state index in [9.17, 15) is 9.59 Å². The number of aryl methyl sites for hydroxylation is 2. The molecule has 1 atom stereocenters. The summed E-state index contributed by atoms with van der Waals surface area (Å²) in [6, 6.07) is 10.2. The van der Waals surface area contributed by atoms with Crippen LogP contribution in [0.2, 0.25) is 0 Å². The molecule has 0 bridgehead atoms. The number of aromatic nitrogens is 3. The van der Waals surface area contributed by atoms with Gasteiger partial charge in [0.2, 0.25) is 11.8 Å². The van der Waals surface area contributed by atoms with Gasteiger partial charge in [-0.1, -0.05) is 30.3 Å². The molecule has 1 aromatic heterocycles. The number of benzene rings is 1. The third kappa shape index (κ3) is 4.91. The Labute approximate surface area is 153 Å². The summed E-state index contributed by atoms with van der Waals surface area (Å²) in [7, 11) is 0. The topological polar surface area (TPSA) is 91.0 Å². The van der Waals surface area contributed by atoms with E-state index in [4.69, 9.17) is 0 Å². The van der Waals surface area contributed by atoms with Gasteiger partial charge in [0.15, 0.2) is 5.82 Å². The van der Waals surface area contributed by atoms with Crippen LogP contribution in [-0.4, -0.2) is 45.0 Å². The fourth-order valence-electron chi connectivity index (χ4n) is 3.24. The average Bonchev–Trinajstić information content (AvgIpc) is 3.07. The minimum Gasteiger partial charge on any atom is -0.348 e. The van der Waals surface area contributed by atoms with E-state index < -0.39 is 0 Å². The molecule has 1 fully saturated rings. The number of nitrogens with one attached hydrogen (secondary N) is 2. The van der Waals surface area contributed by atoms with E-state index in [1.807, 2.05) is 30.0 Å². The molecule has 1 aliphatic heterocycles. The molecule has 1 saturated heterocycles. The lowest BCUT2D eigenvalue weighted by Crippen LogP contribution is -2.46. The highest BCUT2D eigenvalue weighted by molar-refractivity contribution is 5.83. The molecule has 7 nitrogen and oxygen atoms in total. The number of likely N-dealkylation sites (tertiary alicyclic amines) is 1. The largest absolute Gasteiger partial charge is 0.348 e. The zero-order valence-electron chi connectivity index (χ0n) is 15.1. The second kappa shape index (κ2) is 8.60. The Balaban J connectivity index is 1.45. The van der Waals surface area contributed by atoms with E-state index in [1.165, 1.54) is 5.56 Å². The maximum absolute atomic E-state index is 12.4. The van der Waals surface area contributed by atoms with Crippen LogP contribution in [0.15, 0.2) is 30.3 Å². The van der Waals surface area contributed by atoms with Crippen molar-refractivity contribution >= 4 is 11.8 Å². The fourth-order valence-corrected chi connectivity index (χ4v) is 3.24. The predicted molar refractivity (Wildman–Crippen MR) is 97.0 cm³/mol. The third-order valence-corrected chi connectivity index (χ3v) is 4.67. The van der Waals surface area contributed by atoms with Gasteiger partial charge < -0.3 is 10.2 Å². The molecule has 1 unspecified atom stereocenters. The molecule has 7 heteroatoms. The summed E-state index contributed by atoms with van der Waals surface area (Å²) in [4.78, 5) is 30.6. The number of carbonyl (C=O) groups is 2. The van der Waals surface area contributed by atoms with Crippen LogP contribution < -0.4 is 5.32 Å². The Morgan fingerprint density at radius 1 is 1.35 bits per heavy atom. The van der Waals surface area contributed by atoms with Crippen molar-refractivity contribution in [2.24, 2.45) is 5.92 Å². The molecule has 0 saturated carbocycles. The maximum Gasteiger partial charge on any atom is 0.225 e. The van der Waals surface area contributed by atoms with E-state index in [0.717, 1.165) is 18.7 Å². The lowest BCUT2D eigenvalue weighted by Gasteiger charge is -2.32. The zero-order valence-corrected chi connectivity index (χ0v) is 15.1. The molecule has 0 spiro atoms. The SMILES string of the molecule is Cc1nc(CNC(=O)C2CCC(=O)N(CCCc3ccccc3)C2)n[nH]1. The first-order valence-electron chi connectivity index (χ1n) is 9.09. The van der Waals surface area contributed by atoms with Gasteiger partial charge in [-0.3, -0.25) is 14.7 Å². The highest BCUT2D eigenvalue weighted by atomic mass is 16.2. The fraction of sp³-hybridized carbons (Fsp3) is 0.474. The van der Waals surface area contributed by atoms with Crippen molar-refractivity contribution in [2.45, 2.75) is 39.2 Å². The number of hydrogen-bond donors (Lipinski definition) is 2. The van der Waals surface area contributed by atoms with Gasteiger partial charge in [-0.05, 0) is 31.7 Å². The van der Waals surface area contributed by atoms with Gasteiger partial charge in [-0.25, -0.2) is 4.98 Å². The summed E-state index contributed by atoms with van der Waals surface area (Å²) in [6.07, 6.45) is 2.88. The van der Waals surface area contributed by atoms with Crippen LogP contribution >= 0.6 is 0 Å². The summed E-state index contributed by atoms with van der Waals surface area (Å²) in [5.74, 6) is 1.24. The Hall–Kier alpha value is -2.70. The van der Waals surface area contributed by atoms with Crippen molar-refractivity contribution in [3.05, 3.63) is 47.5 Å².